The summed E-state index contributed by atoms with van der Waals surface area (Å²) in [6.45, 7) is 9.24. The highest BCUT2D eigenvalue weighted by Gasteiger charge is 2.14. The van der Waals surface area contributed by atoms with Crippen molar-refractivity contribution in [2.24, 2.45) is 11.7 Å². The van der Waals surface area contributed by atoms with Crippen molar-refractivity contribution in [1.82, 2.24) is 9.97 Å². The summed E-state index contributed by atoms with van der Waals surface area (Å²) >= 11 is 1.72. The molecule has 5 heteroatoms. The van der Waals surface area contributed by atoms with Gasteiger partial charge in [0.15, 0.2) is 0 Å². The minimum Gasteiger partial charge on any atom is -0.356 e. The summed E-state index contributed by atoms with van der Waals surface area (Å²) in [7, 11) is 0. The summed E-state index contributed by atoms with van der Waals surface area (Å²) in [5.41, 5.74) is 5.65. The molecule has 0 saturated carbocycles. The quantitative estimate of drug-likeness (QED) is 0.883. The molecule has 0 atom stereocenters. The lowest BCUT2D eigenvalue weighted by atomic mass is 10.2. The summed E-state index contributed by atoms with van der Waals surface area (Å²) in [6, 6.07) is 2.19. The Bertz CT molecular complexity index is 535. The molecule has 2 heterocycles. The molecule has 19 heavy (non-hydrogen) atoms. The van der Waals surface area contributed by atoms with Gasteiger partial charge in [0.1, 0.15) is 17.0 Å². The predicted molar refractivity (Wildman–Crippen MR) is 82.9 cm³/mol. The highest BCUT2D eigenvalue weighted by Crippen LogP contribution is 2.30. The topological polar surface area (TPSA) is 55.0 Å². The lowest BCUT2D eigenvalue weighted by Crippen LogP contribution is -2.30. The fraction of sp³-hybridized carbons (Fsp3) is 0.571. The molecule has 0 aliphatic carbocycles. The van der Waals surface area contributed by atoms with Crippen molar-refractivity contribution in [3.8, 4) is 0 Å². The van der Waals surface area contributed by atoms with E-state index >= 15 is 0 Å². The number of nitrogens with zero attached hydrogens (tertiary/aromatic N) is 3. The monoisotopic (exact) mass is 278 g/mol. The van der Waals surface area contributed by atoms with Gasteiger partial charge in [-0.15, -0.1) is 11.3 Å². The number of fused-ring (bicyclic) bond motifs is 1. The first kappa shape index (κ1) is 14.2. The van der Waals surface area contributed by atoms with Gasteiger partial charge in [0.2, 0.25) is 0 Å². The molecule has 0 fully saturated rings. The van der Waals surface area contributed by atoms with E-state index in [1.54, 1.807) is 17.7 Å². The van der Waals surface area contributed by atoms with Gasteiger partial charge in [-0.2, -0.15) is 0 Å². The van der Waals surface area contributed by atoms with E-state index in [0.717, 1.165) is 30.2 Å². The largest absolute Gasteiger partial charge is 0.356 e. The van der Waals surface area contributed by atoms with Crippen molar-refractivity contribution < 1.29 is 0 Å². The van der Waals surface area contributed by atoms with Gasteiger partial charge >= 0.3 is 0 Å². The summed E-state index contributed by atoms with van der Waals surface area (Å²) in [6.07, 6.45) is 2.66. The van der Waals surface area contributed by atoms with Gasteiger partial charge in [-0.25, -0.2) is 9.97 Å². The van der Waals surface area contributed by atoms with E-state index in [1.165, 1.54) is 10.3 Å². The summed E-state index contributed by atoms with van der Waals surface area (Å²) < 4.78 is 0. The highest BCUT2D eigenvalue weighted by atomic mass is 32.1. The number of thiophene rings is 1. The summed E-state index contributed by atoms with van der Waals surface area (Å²) in [5.74, 6) is 1.65. The molecule has 0 aliphatic rings. The normalized spacial score (nSPS) is 11.4. The van der Waals surface area contributed by atoms with Crippen LogP contribution in [0.1, 0.15) is 25.1 Å². The average molecular weight is 278 g/mol. The number of aryl methyl sites for hydroxylation is 1. The van der Waals surface area contributed by atoms with E-state index < -0.39 is 0 Å². The van der Waals surface area contributed by atoms with Crippen LogP contribution in [0.15, 0.2) is 12.4 Å². The Morgan fingerprint density at radius 2 is 2.16 bits per heavy atom. The molecule has 2 rings (SSSR count). The third kappa shape index (κ3) is 3.42. The Balaban J connectivity index is 2.36. The van der Waals surface area contributed by atoms with Crippen LogP contribution in [0.5, 0.6) is 0 Å². The van der Waals surface area contributed by atoms with Gasteiger partial charge < -0.3 is 10.6 Å². The van der Waals surface area contributed by atoms with E-state index in [9.17, 15) is 0 Å². The Morgan fingerprint density at radius 3 is 2.84 bits per heavy atom. The SMILES string of the molecule is Cc1cc2c(N(CCCN)CC(C)C)ncnc2s1. The Kier molecular flexibility index (Phi) is 4.71. The fourth-order valence-electron chi connectivity index (χ4n) is 2.22. The van der Waals surface area contributed by atoms with Crippen molar-refractivity contribution in [2.45, 2.75) is 27.2 Å². The molecule has 0 saturated heterocycles. The molecular weight excluding hydrogens is 256 g/mol. The lowest BCUT2D eigenvalue weighted by Gasteiger charge is -2.25. The zero-order chi connectivity index (χ0) is 13.8. The van der Waals surface area contributed by atoms with Crippen molar-refractivity contribution in [3.05, 3.63) is 17.3 Å². The summed E-state index contributed by atoms with van der Waals surface area (Å²) in [4.78, 5) is 13.6. The van der Waals surface area contributed by atoms with Crippen LogP contribution < -0.4 is 10.6 Å². The molecule has 0 spiro atoms. The second-order valence-electron chi connectivity index (χ2n) is 5.26. The minimum absolute atomic E-state index is 0.600. The zero-order valence-corrected chi connectivity index (χ0v) is 12.7. The maximum Gasteiger partial charge on any atom is 0.140 e. The van der Waals surface area contributed by atoms with E-state index in [4.69, 9.17) is 5.73 Å². The number of hydrogen-bond acceptors (Lipinski definition) is 5. The van der Waals surface area contributed by atoms with E-state index in [-0.39, 0.29) is 0 Å². The standard InChI is InChI=1S/C14H22N4S/c1-10(2)8-18(6-4-5-15)13-12-7-11(3)19-14(12)17-9-16-13/h7,9-10H,4-6,8,15H2,1-3H3. The Hall–Kier alpha value is -1.20. The number of rotatable bonds is 6. The number of anilines is 1. The van der Waals surface area contributed by atoms with Crippen LogP contribution in [0.25, 0.3) is 10.2 Å². The van der Waals surface area contributed by atoms with Crippen LogP contribution in [0.3, 0.4) is 0 Å². The zero-order valence-electron chi connectivity index (χ0n) is 11.9. The highest BCUT2D eigenvalue weighted by molar-refractivity contribution is 7.18. The van der Waals surface area contributed by atoms with Gasteiger partial charge in [0, 0.05) is 18.0 Å². The first-order valence-corrected chi connectivity index (χ1v) is 7.59. The van der Waals surface area contributed by atoms with Crippen molar-refractivity contribution >= 4 is 27.4 Å². The third-order valence-electron chi connectivity index (χ3n) is 2.95. The molecule has 2 aromatic rings. The van der Waals surface area contributed by atoms with Crippen molar-refractivity contribution in [2.75, 3.05) is 24.5 Å². The molecule has 0 radical (unpaired) electrons. The molecular formula is C14H22N4S. The van der Waals surface area contributed by atoms with Crippen molar-refractivity contribution in [3.63, 3.8) is 0 Å². The van der Waals surface area contributed by atoms with Gasteiger partial charge in [-0.3, -0.25) is 0 Å². The molecule has 0 unspecified atom stereocenters. The maximum absolute atomic E-state index is 5.65. The van der Waals surface area contributed by atoms with E-state index in [2.05, 4.69) is 41.7 Å². The molecule has 2 N–H and O–H groups in total. The van der Waals surface area contributed by atoms with Crippen LogP contribution in [0.2, 0.25) is 0 Å². The molecule has 0 aromatic carbocycles. The average Bonchev–Trinajstić information content (AvgIpc) is 2.74. The third-order valence-corrected chi connectivity index (χ3v) is 3.91. The first-order valence-electron chi connectivity index (χ1n) is 6.78. The number of nitrogens with two attached hydrogens (primary N) is 1. The molecule has 0 aliphatic heterocycles. The van der Waals surface area contributed by atoms with Gasteiger partial charge in [-0.05, 0) is 31.9 Å². The lowest BCUT2D eigenvalue weighted by molar-refractivity contribution is 0.597. The predicted octanol–water partition coefficient (Wildman–Crippen LogP) is 2.81. The number of hydrogen-bond donors (Lipinski definition) is 1. The van der Waals surface area contributed by atoms with Crippen LogP contribution in [0, 0.1) is 12.8 Å². The van der Waals surface area contributed by atoms with Gasteiger partial charge in [-0.1, -0.05) is 13.8 Å². The fourth-order valence-corrected chi connectivity index (χ4v) is 3.06. The molecule has 0 bridgehead atoms. The van der Waals surface area contributed by atoms with Crippen LogP contribution >= 0.6 is 11.3 Å². The Labute approximate surface area is 118 Å². The smallest absolute Gasteiger partial charge is 0.140 e. The molecule has 2 aromatic heterocycles. The summed E-state index contributed by atoms with van der Waals surface area (Å²) in [5, 5.41) is 1.17. The van der Waals surface area contributed by atoms with Crippen LogP contribution in [0.4, 0.5) is 5.82 Å². The van der Waals surface area contributed by atoms with Gasteiger partial charge in [0.25, 0.3) is 0 Å². The maximum atomic E-state index is 5.65. The Morgan fingerprint density at radius 1 is 1.37 bits per heavy atom. The van der Waals surface area contributed by atoms with Crippen molar-refractivity contribution in [1.29, 1.82) is 0 Å². The van der Waals surface area contributed by atoms with Crippen LogP contribution in [-0.4, -0.2) is 29.6 Å². The minimum atomic E-state index is 0.600. The van der Waals surface area contributed by atoms with E-state index in [0.29, 0.717) is 12.5 Å². The van der Waals surface area contributed by atoms with Crippen LogP contribution in [-0.2, 0) is 0 Å². The number of aromatic nitrogens is 2. The second kappa shape index (κ2) is 6.30. The molecule has 104 valence electrons. The van der Waals surface area contributed by atoms with E-state index in [1.807, 2.05) is 0 Å². The first-order chi connectivity index (χ1) is 9.11. The second-order valence-corrected chi connectivity index (χ2v) is 6.49. The molecule has 0 amide bonds. The molecule has 4 nitrogen and oxygen atoms in total. The van der Waals surface area contributed by atoms with Gasteiger partial charge in [0.05, 0.1) is 5.39 Å².